The molecule has 74 valence electrons. The van der Waals surface area contributed by atoms with Gasteiger partial charge in [0.1, 0.15) is 0 Å². The third-order valence-electron chi connectivity index (χ3n) is 2.55. The Morgan fingerprint density at radius 3 is 2.31 bits per heavy atom. The van der Waals surface area contributed by atoms with Crippen molar-refractivity contribution in [1.82, 2.24) is 4.90 Å². The molecule has 1 N–H and O–H groups in total. The fourth-order valence-corrected chi connectivity index (χ4v) is 1.91. The van der Waals surface area contributed by atoms with Crippen molar-refractivity contribution in [3.05, 3.63) is 0 Å². The summed E-state index contributed by atoms with van der Waals surface area (Å²) in [5.41, 5.74) is 0. The predicted molar refractivity (Wildman–Crippen MR) is 47.3 cm³/mol. The van der Waals surface area contributed by atoms with Gasteiger partial charge in [-0.2, -0.15) is 0 Å². The highest BCUT2D eigenvalue weighted by Gasteiger charge is 2.28. The molecule has 1 rings (SSSR count). The van der Waals surface area contributed by atoms with E-state index in [-0.39, 0.29) is 6.04 Å². The molecule has 0 aliphatic heterocycles. The molecule has 0 atom stereocenters. The Hall–Kier alpha value is -1.06. The minimum atomic E-state index is -1.34. The van der Waals surface area contributed by atoms with E-state index in [1.807, 2.05) is 6.92 Å². The van der Waals surface area contributed by atoms with Crippen LogP contribution in [-0.2, 0) is 9.59 Å². The first-order chi connectivity index (χ1) is 6.16. The average Bonchev–Trinajstić information content (AvgIpc) is 2.58. The van der Waals surface area contributed by atoms with E-state index in [2.05, 4.69) is 0 Å². The molecule has 1 fully saturated rings. The number of hydrogen-bond acceptors (Lipinski definition) is 2. The van der Waals surface area contributed by atoms with Crippen LogP contribution in [-0.4, -0.2) is 34.5 Å². The number of aliphatic carboxylic acids is 1. The summed E-state index contributed by atoms with van der Waals surface area (Å²) in [5.74, 6) is -2.09. The fraction of sp³-hybridized carbons (Fsp3) is 0.778. The maximum absolute atomic E-state index is 11.2. The second-order valence-corrected chi connectivity index (χ2v) is 3.33. The first-order valence-electron chi connectivity index (χ1n) is 4.70. The van der Waals surface area contributed by atoms with E-state index in [0.29, 0.717) is 6.54 Å². The van der Waals surface area contributed by atoms with Crippen molar-refractivity contribution >= 4 is 11.9 Å². The Morgan fingerprint density at radius 2 is 1.92 bits per heavy atom. The van der Waals surface area contributed by atoms with Gasteiger partial charge in [-0.1, -0.05) is 12.8 Å². The van der Waals surface area contributed by atoms with Gasteiger partial charge in [-0.05, 0) is 19.8 Å². The maximum Gasteiger partial charge on any atom is 0.394 e. The van der Waals surface area contributed by atoms with Crippen molar-refractivity contribution in [2.24, 2.45) is 0 Å². The summed E-state index contributed by atoms with van der Waals surface area (Å²) in [6, 6.07) is 0.161. The zero-order valence-electron chi connectivity index (χ0n) is 7.82. The highest BCUT2D eigenvalue weighted by molar-refractivity contribution is 6.31. The molecular formula is C9H15NO3. The number of rotatable bonds is 2. The first-order valence-corrected chi connectivity index (χ1v) is 4.70. The summed E-state index contributed by atoms with van der Waals surface area (Å²) in [5, 5.41) is 8.55. The van der Waals surface area contributed by atoms with Gasteiger partial charge < -0.3 is 10.0 Å². The largest absolute Gasteiger partial charge is 0.474 e. The summed E-state index contributed by atoms with van der Waals surface area (Å²) in [6.07, 6.45) is 4.11. The van der Waals surface area contributed by atoms with Gasteiger partial charge in [-0.3, -0.25) is 4.79 Å². The summed E-state index contributed by atoms with van der Waals surface area (Å²) >= 11 is 0. The Kier molecular flexibility index (Phi) is 3.28. The normalized spacial score (nSPS) is 17.3. The molecule has 1 amide bonds. The van der Waals surface area contributed by atoms with Crippen LogP contribution in [0.25, 0.3) is 0 Å². The molecule has 1 aliphatic carbocycles. The lowest BCUT2D eigenvalue weighted by atomic mass is 10.2. The lowest BCUT2D eigenvalue weighted by Crippen LogP contribution is -2.42. The Balaban J connectivity index is 2.60. The van der Waals surface area contributed by atoms with E-state index in [9.17, 15) is 9.59 Å². The van der Waals surface area contributed by atoms with Gasteiger partial charge in [0.25, 0.3) is 0 Å². The SMILES string of the molecule is CCN(C(=O)C(=O)O)C1CCCC1. The fourth-order valence-electron chi connectivity index (χ4n) is 1.91. The molecule has 0 spiro atoms. The average molecular weight is 185 g/mol. The molecule has 4 nitrogen and oxygen atoms in total. The van der Waals surface area contributed by atoms with Crippen LogP contribution in [0.3, 0.4) is 0 Å². The molecule has 0 saturated heterocycles. The highest BCUT2D eigenvalue weighted by atomic mass is 16.4. The van der Waals surface area contributed by atoms with Crippen LogP contribution >= 0.6 is 0 Å². The lowest BCUT2D eigenvalue weighted by Gasteiger charge is -2.25. The minimum absolute atomic E-state index is 0.161. The predicted octanol–water partition coefficient (Wildman–Crippen LogP) is 0.862. The van der Waals surface area contributed by atoms with Gasteiger partial charge in [-0.25, -0.2) is 4.79 Å². The topological polar surface area (TPSA) is 57.6 Å². The van der Waals surface area contributed by atoms with Gasteiger partial charge in [0.15, 0.2) is 0 Å². The number of carboxylic acids is 1. The van der Waals surface area contributed by atoms with E-state index < -0.39 is 11.9 Å². The number of carboxylic acid groups (broad SMARTS) is 1. The molecule has 0 heterocycles. The van der Waals surface area contributed by atoms with Gasteiger partial charge >= 0.3 is 11.9 Å². The molecule has 0 unspecified atom stereocenters. The van der Waals surface area contributed by atoms with Crippen molar-refractivity contribution in [1.29, 1.82) is 0 Å². The molecule has 0 aromatic rings. The smallest absolute Gasteiger partial charge is 0.394 e. The Bertz CT molecular complexity index is 209. The molecule has 0 aromatic heterocycles. The van der Waals surface area contributed by atoms with Crippen LogP contribution in [0.1, 0.15) is 32.6 Å². The third-order valence-corrected chi connectivity index (χ3v) is 2.55. The van der Waals surface area contributed by atoms with E-state index in [1.54, 1.807) is 0 Å². The molecule has 0 bridgehead atoms. The van der Waals surface area contributed by atoms with E-state index >= 15 is 0 Å². The number of carbonyl (C=O) groups is 2. The zero-order chi connectivity index (χ0) is 9.84. The number of likely N-dealkylation sites (N-methyl/N-ethyl adjacent to an activating group) is 1. The monoisotopic (exact) mass is 185 g/mol. The van der Waals surface area contributed by atoms with Crippen molar-refractivity contribution in [2.45, 2.75) is 38.6 Å². The molecule has 4 heteroatoms. The summed E-state index contributed by atoms with van der Waals surface area (Å²) in [4.78, 5) is 23.1. The van der Waals surface area contributed by atoms with Crippen molar-refractivity contribution in [2.75, 3.05) is 6.54 Å². The summed E-state index contributed by atoms with van der Waals surface area (Å²) in [6.45, 7) is 2.31. The number of nitrogens with zero attached hydrogens (tertiary/aromatic N) is 1. The molecule has 0 radical (unpaired) electrons. The van der Waals surface area contributed by atoms with Crippen LogP contribution in [0.2, 0.25) is 0 Å². The van der Waals surface area contributed by atoms with Crippen LogP contribution in [0.4, 0.5) is 0 Å². The quantitative estimate of drug-likeness (QED) is 0.649. The highest BCUT2D eigenvalue weighted by Crippen LogP contribution is 2.23. The maximum atomic E-state index is 11.2. The van der Waals surface area contributed by atoms with Crippen LogP contribution < -0.4 is 0 Å². The molecule has 0 aromatic carbocycles. The van der Waals surface area contributed by atoms with Crippen molar-refractivity contribution in [3.8, 4) is 0 Å². The Morgan fingerprint density at radius 1 is 1.38 bits per heavy atom. The second kappa shape index (κ2) is 4.25. The lowest BCUT2D eigenvalue weighted by molar-refractivity contribution is -0.157. The van der Waals surface area contributed by atoms with Gasteiger partial charge in [0.2, 0.25) is 0 Å². The summed E-state index contributed by atoms with van der Waals surface area (Å²) < 4.78 is 0. The van der Waals surface area contributed by atoms with Crippen molar-refractivity contribution < 1.29 is 14.7 Å². The number of hydrogen-bond donors (Lipinski definition) is 1. The number of amides is 1. The van der Waals surface area contributed by atoms with Gasteiger partial charge in [-0.15, -0.1) is 0 Å². The standard InChI is InChI=1S/C9H15NO3/c1-2-10(8(11)9(12)13)7-5-3-4-6-7/h7H,2-6H2,1H3,(H,12,13). The number of carbonyl (C=O) groups excluding carboxylic acids is 1. The van der Waals surface area contributed by atoms with Crippen LogP contribution in [0, 0.1) is 0 Å². The van der Waals surface area contributed by atoms with Crippen LogP contribution in [0.15, 0.2) is 0 Å². The third kappa shape index (κ3) is 2.20. The zero-order valence-corrected chi connectivity index (χ0v) is 7.82. The van der Waals surface area contributed by atoms with E-state index in [4.69, 9.17) is 5.11 Å². The van der Waals surface area contributed by atoms with Crippen LogP contribution in [0.5, 0.6) is 0 Å². The molecule has 1 aliphatic rings. The Labute approximate surface area is 77.5 Å². The molecule has 1 saturated carbocycles. The molecule has 13 heavy (non-hydrogen) atoms. The minimum Gasteiger partial charge on any atom is -0.474 e. The van der Waals surface area contributed by atoms with Gasteiger partial charge in [0, 0.05) is 12.6 Å². The van der Waals surface area contributed by atoms with Gasteiger partial charge in [0.05, 0.1) is 0 Å². The van der Waals surface area contributed by atoms with Crippen molar-refractivity contribution in [3.63, 3.8) is 0 Å². The van der Waals surface area contributed by atoms with E-state index in [1.165, 1.54) is 4.90 Å². The summed E-state index contributed by atoms with van der Waals surface area (Å²) in [7, 11) is 0. The second-order valence-electron chi connectivity index (χ2n) is 3.33. The molecular weight excluding hydrogens is 170 g/mol. The van der Waals surface area contributed by atoms with E-state index in [0.717, 1.165) is 25.7 Å². The first kappa shape index (κ1) is 10.0.